The van der Waals surface area contributed by atoms with Gasteiger partial charge >= 0.3 is 0 Å². The minimum atomic E-state index is -0.421. The SMILES string of the molecule is CC1(C)c2cc(N(c3ccccc3)c3ccccc3)c3c(c2C=Cc2c1cc(N(c1ccccc1)c1ccccc1)c1c2C(C)(C)c2ccccc2-1)C(C)(C)c1ccccc1-3. The largest absolute Gasteiger partial charge is 0.310 e. The standard InChI is InChI=1S/C59H50N2/c1-57(2)49-37-51(60(39-23-11-7-12-24-39)40-25-13-8-14-26-40)53-43-31-19-21-33-47(43)58(3,4)55(53)45(49)35-36-46-50(57)38-52(54-44-32-20-22-34-48(44)59(5,6)56(46)54)61(41-27-15-9-16-28-41)42-29-17-10-18-30-42/h7-38H,1-6H3. The number of hydrogen-bond donors (Lipinski definition) is 0. The summed E-state index contributed by atoms with van der Waals surface area (Å²) in [5, 5.41) is 0. The lowest BCUT2D eigenvalue weighted by atomic mass is 9.69. The molecule has 2 heteroatoms. The minimum absolute atomic E-state index is 0.248. The van der Waals surface area contributed by atoms with Gasteiger partial charge in [0.15, 0.2) is 0 Å². The van der Waals surface area contributed by atoms with Crippen molar-refractivity contribution in [1.82, 2.24) is 0 Å². The van der Waals surface area contributed by atoms with E-state index in [1.54, 1.807) is 0 Å². The molecule has 3 aliphatic carbocycles. The highest BCUT2D eigenvalue weighted by Gasteiger charge is 2.46. The molecule has 61 heavy (non-hydrogen) atoms. The van der Waals surface area contributed by atoms with Crippen LogP contribution in [0.2, 0.25) is 0 Å². The van der Waals surface area contributed by atoms with E-state index in [-0.39, 0.29) is 10.8 Å². The maximum atomic E-state index is 2.55. The van der Waals surface area contributed by atoms with Gasteiger partial charge < -0.3 is 9.80 Å². The predicted molar refractivity (Wildman–Crippen MR) is 258 cm³/mol. The molecule has 0 N–H and O–H groups in total. The van der Waals surface area contributed by atoms with E-state index in [1.807, 2.05) is 0 Å². The molecule has 0 aliphatic heterocycles. The van der Waals surface area contributed by atoms with Gasteiger partial charge in [0.1, 0.15) is 0 Å². The van der Waals surface area contributed by atoms with Crippen molar-refractivity contribution in [3.63, 3.8) is 0 Å². The number of hydrogen-bond acceptors (Lipinski definition) is 2. The van der Waals surface area contributed by atoms with Gasteiger partial charge in [0.05, 0.1) is 11.4 Å². The molecule has 0 aromatic heterocycles. The summed E-state index contributed by atoms with van der Waals surface area (Å²) in [5.41, 5.74) is 22.2. The Bertz CT molecular complexity index is 2740. The summed E-state index contributed by atoms with van der Waals surface area (Å²) in [6.07, 6.45) is 4.97. The fourth-order valence-electron chi connectivity index (χ4n) is 11.2. The normalized spacial score (nSPS) is 15.4. The van der Waals surface area contributed by atoms with Crippen LogP contribution in [0.3, 0.4) is 0 Å². The maximum absolute atomic E-state index is 2.55. The fraction of sp³-hybridized carbons (Fsp3) is 0.153. The summed E-state index contributed by atoms with van der Waals surface area (Å²) < 4.78 is 0. The van der Waals surface area contributed by atoms with Crippen LogP contribution in [0.15, 0.2) is 182 Å². The van der Waals surface area contributed by atoms with E-state index >= 15 is 0 Å². The molecule has 11 rings (SSSR count). The van der Waals surface area contributed by atoms with E-state index in [2.05, 4.69) is 245 Å². The molecule has 0 radical (unpaired) electrons. The highest BCUT2D eigenvalue weighted by molar-refractivity contribution is 6.02. The van der Waals surface area contributed by atoms with Crippen molar-refractivity contribution < 1.29 is 0 Å². The zero-order valence-corrected chi connectivity index (χ0v) is 35.9. The van der Waals surface area contributed by atoms with E-state index in [9.17, 15) is 0 Å². The molecule has 296 valence electrons. The average molecular weight is 787 g/mol. The average Bonchev–Trinajstić information content (AvgIpc) is 3.63. The van der Waals surface area contributed by atoms with Crippen LogP contribution in [-0.2, 0) is 16.2 Å². The minimum Gasteiger partial charge on any atom is -0.310 e. The smallest absolute Gasteiger partial charge is 0.0546 e. The number of fused-ring (bicyclic) bond motifs is 10. The Hall–Kier alpha value is -6.90. The molecule has 8 aromatic rings. The second kappa shape index (κ2) is 13.6. The molecule has 0 heterocycles. The Balaban J connectivity index is 1.26. The molecule has 2 nitrogen and oxygen atoms in total. The monoisotopic (exact) mass is 786 g/mol. The lowest BCUT2D eigenvalue weighted by Crippen LogP contribution is -2.27. The second-order valence-corrected chi connectivity index (χ2v) is 18.5. The molecule has 3 aliphatic rings. The molecule has 8 aromatic carbocycles. The zero-order valence-electron chi connectivity index (χ0n) is 35.9. The van der Waals surface area contributed by atoms with Crippen molar-refractivity contribution in [2.24, 2.45) is 0 Å². The first-order valence-electron chi connectivity index (χ1n) is 21.7. The lowest BCUT2D eigenvalue weighted by molar-refractivity contribution is 0.616. The second-order valence-electron chi connectivity index (χ2n) is 18.5. The van der Waals surface area contributed by atoms with Crippen molar-refractivity contribution in [2.45, 2.75) is 57.8 Å². The Morgan fingerprint density at radius 2 is 0.607 bits per heavy atom. The van der Waals surface area contributed by atoms with Gasteiger partial charge in [0, 0.05) is 50.1 Å². The first-order valence-corrected chi connectivity index (χ1v) is 21.7. The third-order valence-corrected chi connectivity index (χ3v) is 14.0. The van der Waals surface area contributed by atoms with Crippen LogP contribution < -0.4 is 9.80 Å². The Kier molecular flexibility index (Phi) is 8.25. The molecule has 0 bridgehead atoms. The Morgan fingerprint density at radius 1 is 0.311 bits per heavy atom. The van der Waals surface area contributed by atoms with Gasteiger partial charge in [-0.1, -0.05) is 175 Å². The highest BCUT2D eigenvalue weighted by Crippen LogP contribution is 2.62. The van der Waals surface area contributed by atoms with E-state index in [0.29, 0.717) is 0 Å². The quantitative estimate of drug-likeness (QED) is 0.166. The lowest BCUT2D eigenvalue weighted by Gasteiger charge is -2.37. The van der Waals surface area contributed by atoms with Gasteiger partial charge in [-0.3, -0.25) is 0 Å². The summed E-state index contributed by atoms with van der Waals surface area (Å²) in [7, 11) is 0. The highest BCUT2D eigenvalue weighted by atomic mass is 15.2. The summed E-state index contributed by atoms with van der Waals surface area (Å²) in [6, 6.07) is 67.0. The number of rotatable bonds is 6. The van der Waals surface area contributed by atoms with Crippen LogP contribution in [0.4, 0.5) is 34.1 Å². The van der Waals surface area contributed by atoms with Crippen LogP contribution in [0.1, 0.15) is 86.1 Å². The van der Waals surface area contributed by atoms with Gasteiger partial charge in [-0.2, -0.15) is 0 Å². The van der Waals surface area contributed by atoms with E-state index in [1.165, 1.54) is 78.1 Å². The van der Waals surface area contributed by atoms with E-state index in [4.69, 9.17) is 0 Å². The molecule has 0 fully saturated rings. The topological polar surface area (TPSA) is 6.48 Å². The molecule has 0 unspecified atom stereocenters. The maximum Gasteiger partial charge on any atom is 0.0546 e. The van der Waals surface area contributed by atoms with Gasteiger partial charge in [-0.05, 0) is 116 Å². The Morgan fingerprint density at radius 3 is 0.934 bits per heavy atom. The fourth-order valence-corrected chi connectivity index (χ4v) is 11.2. The van der Waals surface area contributed by atoms with Crippen LogP contribution in [0.25, 0.3) is 34.4 Å². The van der Waals surface area contributed by atoms with Crippen molar-refractivity contribution >= 4 is 46.3 Å². The number of benzene rings is 8. The summed E-state index contributed by atoms with van der Waals surface area (Å²) >= 11 is 0. The first kappa shape index (κ1) is 37.1. The van der Waals surface area contributed by atoms with Gasteiger partial charge in [0.25, 0.3) is 0 Å². The molecule has 0 saturated carbocycles. The van der Waals surface area contributed by atoms with Crippen molar-refractivity contribution in [3.8, 4) is 22.3 Å². The van der Waals surface area contributed by atoms with Crippen LogP contribution >= 0.6 is 0 Å². The number of para-hydroxylation sites is 4. The van der Waals surface area contributed by atoms with Crippen LogP contribution in [-0.4, -0.2) is 0 Å². The van der Waals surface area contributed by atoms with E-state index in [0.717, 1.165) is 22.7 Å². The van der Waals surface area contributed by atoms with Crippen molar-refractivity contribution in [2.75, 3.05) is 9.80 Å². The van der Waals surface area contributed by atoms with Crippen molar-refractivity contribution in [1.29, 1.82) is 0 Å². The summed E-state index contributed by atoms with van der Waals surface area (Å²) in [4.78, 5) is 4.98. The van der Waals surface area contributed by atoms with Gasteiger partial charge in [-0.25, -0.2) is 0 Å². The van der Waals surface area contributed by atoms with E-state index < -0.39 is 5.41 Å². The van der Waals surface area contributed by atoms with Gasteiger partial charge in [0.2, 0.25) is 0 Å². The number of nitrogens with zero attached hydrogens (tertiary/aromatic N) is 2. The van der Waals surface area contributed by atoms with Crippen LogP contribution in [0, 0.1) is 0 Å². The van der Waals surface area contributed by atoms with Crippen molar-refractivity contribution in [3.05, 3.63) is 226 Å². The molecule has 0 saturated heterocycles. The summed E-state index contributed by atoms with van der Waals surface area (Å²) in [6.45, 7) is 14.7. The molecule has 0 amide bonds. The zero-order chi connectivity index (χ0) is 41.7. The third-order valence-electron chi connectivity index (χ3n) is 14.0. The molecule has 0 atom stereocenters. The molecular weight excluding hydrogens is 737 g/mol. The van der Waals surface area contributed by atoms with Crippen LogP contribution in [0.5, 0.6) is 0 Å². The third kappa shape index (κ3) is 5.41. The Labute approximate surface area is 361 Å². The molecular formula is C59H50N2. The summed E-state index contributed by atoms with van der Waals surface area (Å²) in [5.74, 6) is 0. The number of anilines is 6. The first-order chi connectivity index (χ1) is 29.6. The molecule has 0 spiro atoms. The van der Waals surface area contributed by atoms with Gasteiger partial charge in [-0.15, -0.1) is 0 Å². The predicted octanol–water partition coefficient (Wildman–Crippen LogP) is 16.0.